The van der Waals surface area contributed by atoms with E-state index < -0.39 is 0 Å². The molecule has 0 bridgehead atoms. The molecule has 0 heterocycles. The lowest BCUT2D eigenvalue weighted by molar-refractivity contribution is 0.624. The molecule has 0 aromatic carbocycles. The Morgan fingerprint density at radius 2 is 0.812 bits per heavy atom. The molecule has 0 aliphatic rings. The number of unbranched alkanes of at least 4 members (excludes halogenated alkanes) is 9. The molecule has 0 spiro atoms. The highest BCUT2D eigenvalue weighted by Crippen LogP contribution is 2.03. The molecule has 16 heavy (non-hydrogen) atoms. The zero-order chi connectivity index (χ0) is 12.5. The average molecular weight is 229 g/mol. The topological polar surface area (TPSA) is 26.0 Å². The van der Waals surface area contributed by atoms with Gasteiger partial charge in [0.15, 0.2) is 0 Å². The van der Waals surface area contributed by atoms with Crippen molar-refractivity contribution < 1.29 is 0 Å². The molecule has 0 aromatic heterocycles. The maximum atomic E-state index is 5.31. The Labute approximate surface area is 104 Å². The van der Waals surface area contributed by atoms with Gasteiger partial charge in [-0.2, -0.15) is 0 Å². The van der Waals surface area contributed by atoms with Crippen LogP contribution in [-0.2, 0) is 0 Å². The van der Waals surface area contributed by atoms with Crippen molar-refractivity contribution in [1.82, 2.24) is 0 Å². The van der Waals surface area contributed by atoms with Gasteiger partial charge in [0.25, 0.3) is 0 Å². The molecule has 2 N–H and O–H groups in total. The second kappa shape index (κ2) is 20.4. The van der Waals surface area contributed by atoms with Crippen molar-refractivity contribution in [1.29, 1.82) is 0 Å². The maximum absolute atomic E-state index is 5.31. The van der Waals surface area contributed by atoms with Crippen LogP contribution in [0.3, 0.4) is 0 Å². The second-order valence-electron chi connectivity index (χ2n) is 4.62. The number of rotatable bonds is 10. The predicted octanol–water partition coefficient (Wildman–Crippen LogP) is 5.28. The van der Waals surface area contributed by atoms with Gasteiger partial charge >= 0.3 is 0 Å². The quantitative estimate of drug-likeness (QED) is 0.507. The van der Waals surface area contributed by atoms with E-state index in [1.807, 2.05) is 0 Å². The SMILES string of the molecule is CCCCCCCC.CCCCCCCN. The molecule has 0 unspecified atom stereocenters. The van der Waals surface area contributed by atoms with Gasteiger partial charge in [-0.15, -0.1) is 0 Å². The van der Waals surface area contributed by atoms with Crippen LogP contribution in [0, 0.1) is 0 Å². The first-order chi connectivity index (χ1) is 7.83. The van der Waals surface area contributed by atoms with E-state index in [1.165, 1.54) is 70.6 Å². The van der Waals surface area contributed by atoms with Gasteiger partial charge < -0.3 is 5.73 Å². The Hall–Kier alpha value is -0.0400. The highest BCUT2D eigenvalue weighted by molar-refractivity contribution is 4.41. The minimum Gasteiger partial charge on any atom is -0.330 e. The van der Waals surface area contributed by atoms with Crippen LogP contribution >= 0.6 is 0 Å². The summed E-state index contributed by atoms with van der Waals surface area (Å²) in [5, 5.41) is 0. The van der Waals surface area contributed by atoms with Crippen molar-refractivity contribution in [2.75, 3.05) is 6.54 Å². The van der Waals surface area contributed by atoms with Gasteiger partial charge in [-0.3, -0.25) is 0 Å². The minimum absolute atomic E-state index is 0.865. The molecule has 0 radical (unpaired) electrons. The first-order valence-corrected chi connectivity index (χ1v) is 7.53. The van der Waals surface area contributed by atoms with Gasteiger partial charge in [0.2, 0.25) is 0 Å². The van der Waals surface area contributed by atoms with Gasteiger partial charge in [-0.25, -0.2) is 0 Å². The summed E-state index contributed by atoms with van der Waals surface area (Å²) in [6.07, 6.45) is 15.1. The maximum Gasteiger partial charge on any atom is -0.00773 e. The summed E-state index contributed by atoms with van der Waals surface area (Å²) in [4.78, 5) is 0. The van der Waals surface area contributed by atoms with E-state index in [0.717, 1.165) is 6.54 Å². The molecule has 1 heteroatoms. The summed E-state index contributed by atoms with van der Waals surface area (Å²) in [6, 6.07) is 0. The van der Waals surface area contributed by atoms with Crippen LogP contribution in [-0.4, -0.2) is 6.54 Å². The summed E-state index contributed by atoms with van der Waals surface area (Å²) < 4.78 is 0. The van der Waals surface area contributed by atoms with E-state index in [4.69, 9.17) is 5.73 Å². The molecular weight excluding hydrogens is 194 g/mol. The monoisotopic (exact) mass is 229 g/mol. The molecule has 0 aliphatic carbocycles. The van der Waals surface area contributed by atoms with Gasteiger partial charge in [0, 0.05) is 0 Å². The zero-order valence-corrected chi connectivity index (χ0v) is 12.1. The second-order valence-corrected chi connectivity index (χ2v) is 4.62. The van der Waals surface area contributed by atoms with E-state index in [-0.39, 0.29) is 0 Å². The molecule has 0 aliphatic heterocycles. The lowest BCUT2D eigenvalue weighted by Gasteiger charge is -1.93. The van der Waals surface area contributed by atoms with E-state index >= 15 is 0 Å². The molecule has 0 rings (SSSR count). The average Bonchev–Trinajstić information content (AvgIpc) is 2.31. The third-order valence-electron chi connectivity index (χ3n) is 2.76. The van der Waals surface area contributed by atoms with E-state index in [0.29, 0.717) is 0 Å². The van der Waals surface area contributed by atoms with Crippen molar-refractivity contribution in [2.45, 2.75) is 91.4 Å². The van der Waals surface area contributed by atoms with Gasteiger partial charge in [-0.1, -0.05) is 85.0 Å². The Morgan fingerprint density at radius 3 is 1.06 bits per heavy atom. The number of hydrogen-bond acceptors (Lipinski definition) is 1. The van der Waals surface area contributed by atoms with Gasteiger partial charge in [-0.05, 0) is 13.0 Å². The molecule has 0 atom stereocenters. The molecule has 0 aromatic rings. The fourth-order valence-electron chi connectivity index (χ4n) is 1.60. The fourth-order valence-corrected chi connectivity index (χ4v) is 1.60. The minimum atomic E-state index is 0.865. The summed E-state index contributed by atoms with van der Waals surface area (Å²) in [7, 11) is 0. The van der Waals surface area contributed by atoms with Crippen LogP contribution < -0.4 is 5.73 Å². The molecule has 0 fully saturated rings. The lowest BCUT2D eigenvalue weighted by atomic mass is 10.1. The third kappa shape index (κ3) is 23.6. The number of nitrogens with two attached hydrogens (primary N) is 1. The molecule has 1 nitrogen and oxygen atoms in total. The van der Waals surface area contributed by atoms with Crippen molar-refractivity contribution >= 4 is 0 Å². The summed E-state index contributed by atoms with van der Waals surface area (Å²) in [5.41, 5.74) is 5.31. The summed E-state index contributed by atoms with van der Waals surface area (Å²) >= 11 is 0. The fraction of sp³-hybridized carbons (Fsp3) is 1.00. The molecular formula is C15H35N. The Balaban J connectivity index is 0. The molecule has 0 amide bonds. The van der Waals surface area contributed by atoms with Crippen molar-refractivity contribution in [3.05, 3.63) is 0 Å². The van der Waals surface area contributed by atoms with Crippen molar-refractivity contribution in [3.63, 3.8) is 0 Å². The lowest BCUT2D eigenvalue weighted by Crippen LogP contribution is -1.97. The van der Waals surface area contributed by atoms with Crippen LogP contribution in [0.2, 0.25) is 0 Å². The third-order valence-corrected chi connectivity index (χ3v) is 2.76. The predicted molar refractivity (Wildman–Crippen MR) is 76.9 cm³/mol. The molecule has 100 valence electrons. The van der Waals surface area contributed by atoms with E-state index in [9.17, 15) is 0 Å². The van der Waals surface area contributed by atoms with Gasteiger partial charge in [0.1, 0.15) is 0 Å². The van der Waals surface area contributed by atoms with Gasteiger partial charge in [0.05, 0.1) is 0 Å². The first-order valence-electron chi connectivity index (χ1n) is 7.53. The Morgan fingerprint density at radius 1 is 0.500 bits per heavy atom. The van der Waals surface area contributed by atoms with Crippen molar-refractivity contribution in [2.24, 2.45) is 5.73 Å². The number of hydrogen-bond donors (Lipinski definition) is 1. The summed E-state index contributed by atoms with van der Waals surface area (Å²) in [5.74, 6) is 0. The smallest absolute Gasteiger partial charge is 0.00773 e. The normalized spacial score (nSPS) is 9.75. The van der Waals surface area contributed by atoms with Crippen LogP contribution in [0.15, 0.2) is 0 Å². The van der Waals surface area contributed by atoms with Crippen LogP contribution in [0.1, 0.15) is 91.4 Å². The van der Waals surface area contributed by atoms with Crippen LogP contribution in [0.25, 0.3) is 0 Å². The highest BCUT2D eigenvalue weighted by atomic mass is 14.5. The zero-order valence-electron chi connectivity index (χ0n) is 12.1. The van der Waals surface area contributed by atoms with Crippen molar-refractivity contribution in [3.8, 4) is 0 Å². The standard InChI is InChI=1S/C8H18.C7H17N/c1-3-5-7-8-6-4-2;1-2-3-4-5-6-7-8/h3-8H2,1-2H3;2-8H2,1H3. The van der Waals surface area contributed by atoms with Crippen LogP contribution in [0.5, 0.6) is 0 Å². The van der Waals surface area contributed by atoms with E-state index in [1.54, 1.807) is 0 Å². The van der Waals surface area contributed by atoms with E-state index in [2.05, 4.69) is 20.8 Å². The Kier molecular flexibility index (Phi) is 23.3. The highest BCUT2D eigenvalue weighted by Gasteiger charge is 1.84. The van der Waals surface area contributed by atoms with Crippen LogP contribution in [0.4, 0.5) is 0 Å². The largest absolute Gasteiger partial charge is 0.330 e. The first kappa shape index (κ1) is 18.3. The molecule has 0 saturated heterocycles. The molecule has 0 saturated carbocycles. The Bertz CT molecular complexity index is 67.4. The summed E-state index contributed by atoms with van der Waals surface area (Å²) in [6.45, 7) is 7.60.